The van der Waals surface area contributed by atoms with Crippen LogP contribution in [-0.4, -0.2) is 37.4 Å². The van der Waals surface area contributed by atoms with Crippen LogP contribution in [-0.2, 0) is 4.79 Å². The van der Waals surface area contributed by atoms with Crippen LogP contribution in [0.4, 0.5) is 0 Å². The quantitative estimate of drug-likeness (QED) is 0.456. The lowest BCUT2D eigenvalue weighted by molar-refractivity contribution is -0.138. The largest absolute Gasteiger partial charge is 0.494 e. The Morgan fingerprint density at radius 3 is 1.97 bits per heavy atom. The van der Waals surface area contributed by atoms with Crippen LogP contribution < -0.4 is 0 Å². The average Bonchev–Trinajstić information content (AvgIpc) is 2.97. The highest BCUT2D eigenvalue weighted by Crippen LogP contribution is 2.44. The van der Waals surface area contributed by atoms with Crippen molar-refractivity contribution in [1.82, 2.24) is 4.57 Å². The predicted molar refractivity (Wildman–Crippen MR) is 108 cm³/mol. The summed E-state index contributed by atoms with van der Waals surface area (Å²) < 4.78 is 0.917. The van der Waals surface area contributed by atoms with Gasteiger partial charge in [-0.2, -0.15) is 0 Å². The monoisotopic (exact) mass is 425 g/mol. The van der Waals surface area contributed by atoms with Crippen molar-refractivity contribution in [3.8, 4) is 17.4 Å². The molecule has 0 bridgehead atoms. The molecule has 1 heterocycles. The third-order valence-electron chi connectivity index (χ3n) is 5.31. The van der Waals surface area contributed by atoms with Crippen LogP contribution in [0.15, 0.2) is 42.5 Å². The maximum Gasteiger partial charge on any atom is 0.310 e. The van der Waals surface area contributed by atoms with Crippen LogP contribution >= 0.6 is 11.6 Å². The molecular formula is C22H16ClNO6. The zero-order valence-corrected chi connectivity index (χ0v) is 16.5. The molecule has 0 fully saturated rings. The summed E-state index contributed by atoms with van der Waals surface area (Å²) in [5.74, 6) is -4.18. The molecule has 30 heavy (non-hydrogen) atoms. The molecule has 1 unspecified atom stereocenters. The number of carbonyl (C=O) groups excluding carboxylic acids is 2. The van der Waals surface area contributed by atoms with E-state index in [1.54, 1.807) is 19.1 Å². The highest BCUT2D eigenvalue weighted by Gasteiger charge is 2.39. The van der Waals surface area contributed by atoms with E-state index in [1.807, 2.05) is 0 Å². The molecule has 1 aliphatic rings. The second-order valence-corrected chi connectivity index (χ2v) is 7.35. The molecule has 1 aliphatic carbocycles. The van der Waals surface area contributed by atoms with E-state index in [2.05, 4.69) is 0 Å². The summed E-state index contributed by atoms with van der Waals surface area (Å²) in [5.41, 5.74) is 0.234. The normalized spacial score (nSPS) is 13.7. The Morgan fingerprint density at radius 1 is 1.00 bits per heavy atom. The minimum Gasteiger partial charge on any atom is -0.494 e. The molecule has 7 nitrogen and oxygen atoms in total. The van der Waals surface area contributed by atoms with E-state index in [4.69, 9.17) is 11.6 Å². The minimum absolute atomic E-state index is 0.0440. The number of hydrogen-bond donors (Lipinski definition) is 3. The van der Waals surface area contributed by atoms with E-state index in [-0.39, 0.29) is 33.0 Å². The number of aromatic nitrogens is 1. The van der Waals surface area contributed by atoms with Gasteiger partial charge >= 0.3 is 5.97 Å². The molecule has 8 heteroatoms. The lowest BCUT2D eigenvalue weighted by Crippen LogP contribution is -2.19. The first kappa shape index (κ1) is 19.7. The summed E-state index contributed by atoms with van der Waals surface area (Å²) in [7, 11) is 0. The highest BCUT2D eigenvalue weighted by molar-refractivity contribution is 6.33. The van der Waals surface area contributed by atoms with Gasteiger partial charge in [0.1, 0.15) is 0 Å². The molecule has 1 atom stereocenters. The van der Waals surface area contributed by atoms with E-state index in [9.17, 15) is 29.7 Å². The van der Waals surface area contributed by atoms with Crippen molar-refractivity contribution < 1.29 is 29.7 Å². The summed E-state index contributed by atoms with van der Waals surface area (Å²) in [4.78, 5) is 37.2. The van der Waals surface area contributed by atoms with Gasteiger partial charge in [-0.25, -0.2) is 4.57 Å². The van der Waals surface area contributed by atoms with E-state index < -0.39 is 35.2 Å². The standard InChI is InChI=1S/C22H16ClNO6/c1-2-11(22(29)30)10-7-8-15(14(23)9-10)24-20(27)16-17(21(24)28)19(26)13-6-4-3-5-12(13)18(16)25/h3-9,11,27-28H,2H2,1H3,(H,29,30). The van der Waals surface area contributed by atoms with Gasteiger partial charge in [0.15, 0.2) is 11.6 Å². The summed E-state index contributed by atoms with van der Waals surface area (Å²) in [5, 5.41) is 30.9. The van der Waals surface area contributed by atoms with Gasteiger partial charge < -0.3 is 15.3 Å². The number of carbonyl (C=O) groups is 3. The summed E-state index contributed by atoms with van der Waals surface area (Å²) in [6.45, 7) is 1.73. The smallest absolute Gasteiger partial charge is 0.310 e. The summed E-state index contributed by atoms with van der Waals surface area (Å²) in [6.07, 6.45) is 0.348. The molecule has 0 saturated carbocycles. The first-order valence-electron chi connectivity index (χ1n) is 9.15. The Bertz CT molecular complexity index is 1180. The van der Waals surface area contributed by atoms with Crippen LogP contribution in [0.2, 0.25) is 5.02 Å². The highest BCUT2D eigenvalue weighted by atomic mass is 35.5. The Labute approximate surface area is 175 Å². The van der Waals surface area contributed by atoms with Gasteiger partial charge in [0.05, 0.1) is 27.8 Å². The summed E-state index contributed by atoms with van der Waals surface area (Å²) in [6, 6.07) is 10.5. The number of fused-ring (bicyclic) bond motifs is 2. The van der Waals surface area contributed by atoms with E-state index in [1.165, 1.54) is 30.3 Å². The number of nitrogens with zero attached hydrogens (tertiary/aromatic N) is 1. The minimum atomic E-state index is -1.00. The number of aromatic hydroxyl groups is 2. The van der Waals surface area contributed by atoms with Gasteiger partial charge in [0.25, 0.3) is 0 Å². The maximum atomic E-state index is 12.9. The lowest BCUT2D eigenvalue weighted by atomic mass is 9.86. The Balaban J connectivity index is 1.90. The number of aliphatic carboxylic acids is 1. The second-order valence-electron chi connectivity index (χ2n) is 6.95. The van der Waals surface area contributed by atoms with Crippen LogP contribution in [0.5, 0.6) is 11.8 Å². The molecular weight excluding hydrogens is 410 g/mol. The van der Waals surface area contributed by atoms with Gasteiger partial charge in [0.2, 0.25) is 11.8 Å². The molecule has 0 aliphatic heterocycles. The molecule has 2 aromatic carbocycles. The fraction of sp³-hybridized carbons (Fsp3) is 0.136. The summed E-state index contributed by atoms with van der Waals surface area (Å²) >= 11 is 6.33. The van der Waals surface area contributed by atoms with Gasteiger partial charge in [-0.1, -0.05) is 48.9 Å². The van der Waals surface area contributed by atoms with Crippen molar-refractivity contribution in [2.75, 3.05) is 0 Å². The Morgan fingerprint density at radius 2 is 1.53 bits per heavy atom. The first-order chi connectivity index (χ1) is 14.3. The fourth-order valence-corrected chi connectivity index (χ4v) is 4.10. The number of halogens is 1. The maximum absolute atomic E-state index is 12.9. The van der Waals surface area contributed by atoms with Crippen molar-refractivity contribution in [2.24, 2.45) is 0 Å². The molecule has 0 radical (unpaired) electrons. The number of benzene rings is 2. The number of ketones is 2. The van der Waals surface area contributed by atoms with Gasteiger partial charge in [-0.3, -0.25) is 14.4 Å². The van der Waals surface area contributed by atoms with Crippen molar-refractivity contribution in [1.29, 1.82) is 0 Å². The zero-order valence-electron chi connectivity index (χ0n) is 15.7. The predicted octanol–water partition coefficient (Wildman–Crippen LogP) is 3.90. The molecule has 3 aromatic rings. The SMILES string of the molecule is CCC(C(=O)O)c1ccc(-n2c(O)c3c(c2O)C(=O)c2ccccc2C3=O)c(Cl)c1. The molecule has 0 saturated heterocycles. The van der Waals surface area contributed by atoms with Crippen molar-refractivity contribution in [3.63, 3.8) is 0 Å². The van der Waals surface area contributed by atoms with Gasteiger partial charge in [-0.15, -0.1) is 0 Å². The molecule has 4 rings (SSSR count). The second kappa shape index (κ2) is 7.03. The van der Waals surface area contributed by atoms with Crippen LogP contribution in [0.3, 0.4) is 0 Å². The number of carboxylic acids is 1. The Kier molecular flexibility index (Phi) is 4.63. The van der Waals surface area contributed by atoms with E-state index in [0.29, 0.717) is 12.0 Å². The van der Waals surface area contributed by atoms with Crippen molar-refractivity contribution >= 4 is 29.1 Å². The first-order valence-corrected chi connectivity index (χ1v) is 9.53. The van der Waals surface area contributed by atoms with Gasteiger partial charge in [0, 0.05) is 11.1 Å². The van der Waals surface area contributed by atoms with Crippen molar-refractivity contribution in [3.05, 3.63) is 75.3 Å². The van der Waals surface area contributed by atoms with Crippen LogP contribution in [0.1, 0.15) is 56.7 Å². The number of hydrogen-bond acceptors (Lipinski definition) is 5. The fourth-order valence-electron chi connectivity index (χ4n) is 3.83. The third-order valence-corrected chi connectivity index (χ3v) is 5.62. The molecule has 3 N–H and O–H groups in total. The molecule has 0 spiro atoms. The molecule has 152 valence electrons. The Hall–Kier alpha value is -3.58. The number of rotatable bonds is 4. The number of carboxylic acid groups (broad SMARTS) is 1. The zero-order chi connectivity index (χ0) is 21.7. The van der Waals surface area contributed by atoms with Crippen LogP contribution in [0.25, 0.3) is 5.69 Å². The average molecular weight is 426 g/mol. The third kappa shape index (κ3) is 2.70. The van der Waals surface area contributed by atoms with Crippen LogP contribution in [0, 0.1) is 0 Å². The van der Waals surface area contributed by atoms with Crippen molar-refractivity contribution in [2.45, 2.75) is 19.3 Å². The van der Waals surface area contributed by atoms with E-state index >= 15 is 0 Å². The van der Waals surface area contributed by atoms with E-state index in [0.717, 1.165) is 4.57 Å². The molecule has 0 amide bonds. The lowest BCUT2D eigenvalue weighted by Gasteiger charge is -2.14. The van der Waals surface area contributed by atoms with Gasteiger partial charge in [-0.05, 0) is 24.1 Å². The molecule has 1 aromatic heterocycles. The topological polar surface area (TPSA) is 117 Å².